The quantitative estimate of drug-likeness (QED) is 0.273. The molecule has 0 saturated carbocycles. The van der Waals surface area contributed by atoms with Gasteiger partial charge >= 0.3 is 5.97 Å². The van der Waals surface area contributed by atoms with E-state index in [0.717, 1.165) is 5.56 Å². The Bertz CT molecular complexity index is 1260. The normalized spacial score (nSPS) is 17.3. The number of ether oxygens (including phenoxy) is 2. The number of carbonyl (C=O) groups excluding carboxylic acids is 3. The molecule has 0 spiro atoms. The maximum absolute atomic E-state index is 13.1. The van der Waals surface area contributed by atoms with E-state index in [1.54, 1.807) is 30.3 Å². The fourth-order valence-corrected chi connectivity index (χ4v) is 3.84. The van der Waals surface area contributed by atoms with E-state index < -0.39 is 23.7 Å². The van der Waals surface area contributed by atoms with Crippen molar-refractivity contribution in [1.29, 1.82) is 0 Å². The minimum Gasteiger partial charge on any atom is -0.507 e. The molecule has 0 radical (unpaired) electrons. The highest BCUT2D eigenvalue weighted by Crippen LogP contribution is 2.43. The number of aryl methyl sites for hydroxylation is 1. The second-order valence-electron chi connectivity index (χ2n) is 7.43. The van der Waals surface area contributed by atoms with Crippen LogP contribution in [0.15, 0.2) is 70.9 Å². The number of aliphatic hydroxyl groups excluding tert-OH is 1. The number of carbonyl (C=O) groups is 3. The van der Waals surface area contributed by atoms with Gasteiger partial charge in [-0.05, 0) is 55.5 Å². The van der Waals surface area contributed by atoms with Crippen molar-refractivity contribution >= 4 is 29.1 Å². The highest BCUT2D eigenvalue weighted by Gasteiger charge is 2.48. The third-order valence-electron chi connectivity index (χ3n) is 5.43. The Labute approximate surface area is 189 Å². The fourth-order valence-electron chi connectivity index (χ4n) is 3.84. The van der Waals surface area contributed by atoms with Crippen molar-refractivity contribution in [2.24, 2.45) is 0 Å². The van der Waals surface area contributed by atoms with Gasteiger partial charge in [-0.1, -0.05) is 11.6 Å². The molecule has 8 nitrogen and oxygen atoms in total. The molecular formula is C25H21NO7. The summed E-state index contributed by atoms with van der Waals surface area (Å²) in [6, 6.07) is 13.4. The third-order valence-corrected chi connectivity index (χ3v) is 5.43. The molecule has 1 atom stereocenters. The van der Waals surface area contributed by atoms with Crippen LogP contribution in [0.25, 0.3) is 5.76 Å². The van der Waals surface area contributed by atoms with Crippen LogP contribution in [0.4, 0.5) is 5.69 Å². The largest absolute Gasteiger partial charge is 0.507 e. The Morgan fingerprint density at radius 2 is 1.79 bits per heavy atom. The van der Waals surface area contributed by atoms with Crippen molar-refractivity contribution < 1.29 is 33.4 Å². The van der Waals surface area contributed by atoms with Crippen molar-refractivity contribution in [1.82, 2.24) is 0 Å². The molecule has 1 aliphatic rings. The topological polar surface area (TPSA) is 106 Å². The molecule has 0 bridgehead atoms. The number of amides is 1. The smallest absolute Gasteiger partial charge is 0.337 e. The fraction of sp³-hybridized carbons (Fsp3) is 0.160. The van der Waals surface area contributed by atoms with Crippen LogP contribution in [0.2, 0.25) is 0 Å². The van der Waals surface area contributed by atoms with Crippen LogP contribution in [-0.2, 0) is 14.3 Å². The van der Waals surface area contributed by atoms with Gasteiger partial charge in [0.15, 0.2) is 0 Å². The molecular weight excluding hydrogens is 426 g/mol. The van der Waals surface area contributed by atoms with Crippen molar-refractivity contribution in [3.8, 4) is 5.75 Å². The molecule has 8 heteroatoms. The molecule has 1 saturated heterocycles. The number of esters is 1. The number of Topliss-reactive ketones (excluding diaryl/α,β-unsaturated/α-hetero) is 1. The molecule has 1 fully saturated rings. The lowest BCUT2D eigenvalue weighted by Gasteiger charge is -2.23. The Morgan fingerprint density at radius 3 is 2.39 bits per heavy atom. The summed E-state index contributed by atoms with van der Waals surface area (Å²) in [5.74, 6) is -1.96. The summed E-state index contributed by atoms with van der Waals surface area (Å²) in [6.45, 7) is 1.84. The number of nitrogens with zero attached hydrogens (tertiary/aromatic N) is 1. The molecule has 1 unspecified atom stereocenters. The molecule has 1 N–H and O–H groups in total. The van der Waals surface area contributed by atoms with Gasteiger partial charge < -0.3 is 19.0 Å². The Balaban J connectivity index is 1.90. The monoisotopic (exact) mass is 447 g/mol. The van der Waals surface area contributed by atoms with E-state index in [2.05, 4.69) is 0 Å². The van der Waals surface area contributed by atoms with E-state index in [9.17, 15) is 19.5 Å². The van der Waals surface area contributed by atoms with E-state index in [-0.39, 0.29) is 22.5 Å². The van der Waals surface area contributed by atoms with Gasteiger partial charge in [-0.15, -0.1) is 0 Å². The molecule has 168 valence electrons. The highest BCUT2D eigenvalue weighted by atomic mass is 16.5. The minimum absolute atomic E-state index is 0.129. The number of furan rings is 1. The van der Waals surface area contributed by atoms with Crippen LogP contribution < -0.4 is 9.64 Å². The Hall–Kier alpha value is -4.33. The minimum atomic E-state index is -1.02. The molecule has 1 aromatic heterocycles. The lowest BCUT2D eigenvalue weighted by atomic mass is 9.97. The molecule has 2 aromatic carbocycles. The van der Waals surface area contributed by atoms with E-state index in [4.69, 9.17) is 13.9 Å². The third kappa shape index (κ3) is 3.76. The number of aliphatic hydroxyl groups is 1. The molecule has 4 rings (SSSR count). The molecule has 1 amide bonds. The number of benzene rings is 2. The summed E-state index contributed by atoms with van der Waals surface area (Å²) in [6.07, 6.45) is 1.42. The predicted molar refractivity (Wildman–Crippen MR) is 119 cm³/mol. The molecule has 3 aromatic rings. The Morgan fingerprint density at radius 1 is 1.06 bits per heavy atom. The van der Waals surface area contributed by atoms with Gasteiger partial charge in [0, 0.05) is 5.69 Å². The van der Waals surface area contributed by atoms with Gasteiger partial charge in [-0.2, -0.15) is 0 Å². The molecule has 2 heterocycles. The first-order valence-electron chi connectivity index (χ1n) is 10.0. The average Bonchev–Trinajstić information content (AvgIpc) is 3.45. The zero-order valence-electron chi connectivity index (χ0n) is 18.2. The van der Waals surface area contributed by atoms with Gasteiger partial charge in [0.2, 0.25) is 0 Å². The first-order chi connectivity index (χ1) is 15.9. The van der Waals surface area contributed by atoms with Crippen LogP contribution in [0.3, 0.4) is 0 Å². The van der Waals surface area contributed by atoms with Crippen molar-refractivity contribution in [3.63, 3.8) is 0 Å². The van der Waals surface area contributed by atoms with Gasteiger partial charge in [0.25, 0.3) is 11.7 Å². The lowest BCUT2D eigenvalue weighted by molar-refractivity contribution is -0.132. The van der Waals surface area contributed by atoms with Gasteiger partial charge in [0.05, 0.1) is 37.2 Å². The van der Waals surface area contributed by atoms with E-state index in [1.165, 1.54) is 49.6 Å². The number of methoxy groups -OCH3 is 2. The standard InChI is InChI=1S/C25H21NO7/c1-14-6-11-18(31-2)17(13-14)22(27)20-21(19-5-4-12-33-19)26(24(29)23(20)28)16-9-7-15(8-10-16)25(30)32-3/h4-13,21,27H,1-3H3/b22-20-. The maximum atomic E-state index is 13.1. The zero-order valence-corrected chi connectivity index (χ0v) is 18.2. The predicted octanol–water partition coefficient (Wildman–Crippen LogP) is 4.01. The van der Waals surface area contributed by atoms with E-state index in [1.807, 2.05) is 6.92 Å². The van der Waals surface area contributed by atoms with Gasteiger partial charge in [-0.3, -0.25) is 14.5 Å². The van der Waals surface area contributed by atoms with E-state index in [0.29, 0.717) is 17.2 Å². The molecule has 33 heavy (non-hydrogen) atoms. The summed E-state index contributed by atoms with van der Waals surface area (Å²) >= 11 is 0. The molecule has 1 aliphatic heterocycles. The summed E-state index contributed by atoms with van der Waals surface area (Å²) in [4.78, 5) is 39.3. The van der Waals surface area contributed by atoms with Crippen LogP contribution in [0.5, 0.6) is 5.75 Å². The number of hydrogen-bond acceptors (Lipinski definition) is 7. The van der Waals surface area contributed by atoms with Crippen molar-refractivity contribution in [2.75, 3.05) is 19.1 Å². The van der Waals surface area contributed by atoms with Gasteiger partial charge in [-0.25, -0.2) is 4.79 Å². The van der Waals surface area contributed by atoms with E-state index >= 15 is 0 Å². The summed E-state index contributed by atoms with van der Waals surface area (Å²) < 4.78 is 15.6. The average molecular weight is 447 g/mol. The molecule has 0 aliphatic carbocycles. The second-order valence-corrected chi connectivity index (χ2v) is 7.43. The SMILES string of the molecule is COC(=O)c1ccc(N2C(=O)C(=O)/C(=C(\O)c3cc(C)ccc3OC)C2c2ccco2)cc1. The lowest BCUT2D eigenvalue weighted by Crippen LogP contribution is -2.29. The van der Waals surface area contributed by atoms with Crippen LogP contribution >= 0.6 is 0 Å². The number of anilines is 1. The van der Waals surface area contributed by atoms with Crippen LogP contribution in [0.1, 0.15) is 33.3 Å². The summed E-state index contributed by atoms with van der Waals surface area (Å²) in [5.41, 5.74) is 1.63. The zero-order chi connectivity index (χ0) is 23.7. The van der Waals surface area contributed by atoms with Crippen LogP contribution in [-0.4, -0.2) is 37.0 Å². The van der Waals surface area contributed by atoms with Gasteiger partial charge in [0.1, 0.15) is 23.3 Å². The number of rotatable bonds is 5. The van der Waals surface area contributed by atoms with Crippen molar-refractivity contribution in [3.05, 3.63) is 88.9 Å². The number of ketones is 1. The highest BCUT2D eigenvalue weighted by molar-refractivity contribution is 6.51. The summed E-state index contributed by atoms with van der Waals surface area (Å²) in [7, 11) is 2.72. The Kier molecular flexibility index (Phi) is 5.74. The first kappa shape index (κ1) is 21.9. The maximum Gasteiger partial charge on any atom is 0.337 e. The second kappa shape index (κ2) is 8.66. The van der Waals surface area contributed by atoms with Crippen LogP contribution in [0, 0.1) is 6.92 Å². The number of hydrogen-bond donors (Lipinski definition) is 1. The first-order valence-corrected chi connectivity index (χ1v) is 10.0. The summed E-state index contributed by atoms with van der Waals surface area (Å²) in [5, 5.41) is 11.2. The van der Waals surface area contributed by atoms with Crippen molar-refractivity contribution in [2.45, 2.75) is 13.0 Å².